The van der Waals surface area contributed by atoms with E-state index in [0.29, 0.717) is 24.4 Å². The van der Waals surface area contributed by atoms with Crippen molar-refractivity contribution >= 4 is 22.9 Å². The minimum absolute atomic E-state index is 0.125. The smallest absolute Gasteiger partial charge is 0.279 e. The van der Waals surface area contributed by atoms with Gasteiger partial charge in [0.15, 0.2) is 6.54 Å². The van der Waals surface area contributed by atoms with Crippen LogP contribution in [0.4, 0.5) is 5.69 Å². The molecule has 1 aliphatic heterocycles. The average Bonchev–Trinajstić information content (AvgIpc) is 3.06. The number of nitrogens with one attached hydrogen (secondary N) is 2. The molecule has 0 fully saturated rings. The summed E-state index contributed by atoms with van der Waals surface area (Å²) in [4.78, 5) is 15.8. The van der Waals surface area contributed by atoms with E-state index < -0.39 is 0 Å². The summed E-state index contributed by atoms with van der Waals surface area (Å²) >= 11 is 1.85. The quantitative estimate of drug-likeness (QED) is 0.814. The van der Waals surface area contributed by atoms with E-state index in [4.69, 9.17) is 0 Å². The minimum atomic E-state index is 0.125. The molecule has 3 nitrogen and oxygen atoms in total. The van der Waals surface area contributed by atoms with Crippen LogP contribution in [0.15, 0.2) is 29.6 Å². The van der Waals surface area contributed by atoms with Crippen molar-refractivity contribution < 1.29 is 9.69 Å². The molecule has 1 aromatic carbocycles. The van der Waals surface area contributed by atoms with Gasteiger partial charge in [-0.25, -0.2) is 0 Å². The highest BCUT2D eigenvalue weighted by molar-refractivity contribution is 7.10. The van der Waals surface area contributed by atoms with Gasteiger partial charge in [-0.15, -0.1) is 11.3 Å². The van der Waals surface area contributed by atoms with Gasteiger partial charge in [-0.1, -0.05) is 45.9 Å². The number of carbonyl (C=O) groups excluding carboxylic acids is 1. The normalized spacial score (nSPS) is 19.7. The van der Waals surface area contributed by atoms with E-state index in [-0.39, 0.29) is 5.91 Å². The maximum Gasteiger partial charge on any atom is 0.279 e. The van der Waals surface area contributed by atoms with E-state index in [2.05, 4.69) is 69.6 Å². The van der Waals surface area contributed by atoms with Crippen LogP contribution in [0.25, 0.3) is 0 Å². The van der Waals surface area contributed by atoms with Crippen molar-refractivity contribution in [3.05, 3.63) is 51.2 Å². The molecule has 3 rings (SSSR count). The molecule has 2 N–H and O–H groups in total. The molecule has 0 bridgehead atoms. The van der Waals surface area contributed by atoms with Crippen molar-refractivity contribution in [1.29, 1.82) is 0 Å². The summed E-state index contributed by atoms with van der Waals surface area (Å²) in [5, 5.41) is 5.45. The highest BCUT2D eigenvalue weighted by Crippen LogP contribution is 2.32. The summed E-state index contributed by atoms with van der Waals surface area (Å²) in [6.45, 7) is 12.5. The third kappa shape index (κ3) is 3.86. The topological polar surface area (TPSA) is 33.5 Å². The van der Waals surface area contributed by atoms with E-state index in [1.165, 1.54) is 26.5 Å². The van der Waals surface area contributed by atoms with Crippen LogP contribution in [0, 0.1) is 0 Å². The molecule has 2 aromatic rings. The first-order chi connectivity index (χ1) is 12.4. The first-order valence-electron chi connectivity index (χ1n) is 9.72. The van der Waals surface area contributed by atoms with Gasteiger partial charge in [0.25, 0.3) is 5.91 Å². The van der Waals surface area contributed by atoms with Crippen LogP contribution < -0.4 is 10.2 Å². The second kappa shape index (κ2) is 7.93. The van der Waals surface area contributed by atoms with E-state index in [0.717, 1.165) is 18.7 Å². The summed E-state index contributed by atoms with van der Waals surface area (Å²) < 4.78 is 0. The number of fused-ring (bicyclic) bond motifs is 1. The number of thiophene rings is 1. The molecular weight excluding hydrogens is 340 g/mol. The second-order valence-electron chi connectivity index (χ2n) is 8.02. The summed E-state index contributed by atoms with van der Waals surface area (Å²) in [7, 11) is 0. The Morgan fingerprint density at radius 3 is 2.46 bits per heavy atom. The Morgan fingerprint density at radius 1 is 1.19 bits per heavy atom. The number of hydrogen-bond donors (Lipinski definition) is 2. The van der Waals surface area contributed by atoms with Gasteiger partial charge >= 0.3 is 0 Å². The molecule has 0 saturated carbocycles. The number of anilines is 1. The predicted octanol–water partition coefficient (Wildman–Crippen LogP) is 4.14. The lowest BCUT2D eigenvalue weighted by molar-refractivity contribution is -0.923. The largest absolute Gasteiger partial charge is 0.321 e. The number of carbonyl (C=O) groups is 1. The Kier molecular flexibility index (Phi) is 5.83. The molecule has 0 saturated heterocycles. The molecule has 4 heteroatoms. The molecule has 1 aliphatic rings. The number of amides is 1. The van der Waals surface area contributed by atoms with E-state index >= 15 is 0 Å². The molecule has 0 radical (unpaired) electrons. The van der Waals surface area contributed by atoms with E-state index in [9.17, 15) is 4.79 Å². The van der Waals surface area contributed by atoms with Crippen molar-refractivity contribution in [1.82, 2.24) is 0 Å². The Bertz CT molecular complexity index is 752. The van der Waals surface area contributed by atoms with Crippen molar-refractivity contribution in [2.45, 2.75) is 58.9 Å². The van der Waals surface area contributed by atoms with Gasteiger partial charge in [0, 0.05) is 22.5 Å². The number of quaternary nitrogens is 1. The SMILES string of the molecule is CC(C)c1cccc(C(C)C)c1NC(=O)C[NH+]1CCc2sccc2[C@@H]1C. The van der Waals surface area contributed by atoms with Gasteiger partial charge in [-0.3, -0.25) is 4.79 Å². The molecule has 26 heavy (non-hydrogen) atoms. The molecule has 0 aliphatic carbocycles. The number of rotatable bonds is 5. The number of benzene rings is 1. The Morgan fingerprint density at radius 2 is 1.85 bits per heavy atom. The second-order valence-corrected chi connectivity index (χ2v) is 9.03. The Balaban J connectivity index is 1.77. The molecule has 1 unspecified atom stereocenters. The Hall–Kier alpha value is -1.65. The van der Waals surface area contributed by atoms with Crippen molar-refractivity contribution in [2.24, 2.45) is 0 Å². The van der Waals surface area contributed by atoms with Crippen LogP contribution in [0.2, 0.25) is 0 Å². The average molecular weight is 372 g/mol. The van der Waals surface area contributed by atoms with Gasteiger partial charge in [-0.2, -0.15) is 0 Å². The van der Waals surface area contributed by atoms with Crippen LogP contribution in [-0.2, 0) is 11.2 Å². The van der Waals surface area contributed by atoms with Crippen LogP contribution in [0.1, 0.15) is 74.1 Å². The fraction of sp³-hybridized carbons (Fsp3) is 0.500. The van der Waals surface area contributed by atoms with Crippen LogP contribution in [0.3, 0.4) is 0 Å². The molecule has 0 spiro atoms. The molecule has 1 aromatic heterocycles. The summed E-state index contributed by atoms with van der Waals surface area (Å²) in [6, 6.07) is 9.00. The lowest BCUT2D eigenvalue weighted by Gasteiger charge is -2.30. The van der Waals surface area contributed by atoms with E-state index in [1.807, 2.05) is 11.3 Å². The highest BCUT2D eigenvalue weighted by Gasteiger charge is 2.30. The molecule has 2 heterocycles. The number of para-hydroxylation sites is 1. The molecule has 1 amide bonds. The molecular formula is C22H31N2OS+. The molecule has 140 valence electrons. The van der Waals surface area contributed by atoms with Crippen molar-refractivity contribution in [2.75, 3.05) is 18.4 Å². The summed E-state index contributed by atoms with van der Waals surface area (Å²) in [5.74, 6) is 0.901. The molecule has 2 atom stereocenters. The Labute approximate surface area is 161 Å². The third-order valence-electron chi connectivity index (χ3n) is 5.56. The van der Waals surface area contributed by atoms with Crippen LogP contribution >= 0.6 is 11.3 Å². The fourth-order valence-electron chi connectivity index (χ4n) is 3.98. The summed E-state index contributed by atoms with van der Waals surface area (Å²) in [5.41, 5.74) is 4.91. The fourth-order valence-corrected chi connectivity index (χ4v) is 4.96. The predicted molar refractivity (Wildman–Crippen MR) is 110 cm³/mol. The monoisotopic (exact) mass is 371 g/mol. The zero-order valence-corrected chi connectivity index (χ0v) is 17.4. The first kappa shape index (κ1) is 19.1. The van der Waals surface area contributed by atoms with Gasteiger partial charge in [0.1, 0.15) is 6.04 Å². The van der Waals surface area contributed by atoms with Crippen LogP contribution in [0.5, 0.6) is 0 Å². The van der Waals surface area contributed by atoms with Crippen molar-refractivity contribution in [3.63, 3.8) is 0 Å². The standard InChI is InChI=1S/C22H30N2OS/c1-14(2)17-7-6-8-18(15(3)4)22(17)23-21(25)13-24-11-9-20-19(16(24)5)10-12-26-20/h6-8,10,12,14-16H,9,11,13H2,1-5H3,(H,23,25)/p+1/t16-/m0/s1. The lowest BCUT2D eigenvalue weighted by Crippen LogP contribution is -3.14. The number of hydrogen-bond acceptors (Lipinski definition) is 2. The van der Waals surface area contributed by atoms with Gasteiger partial charge in [0.2, 0.25) is 0 Å². The van der Waals surface area contributed by atoms with Crippen LogP contribution in [-0.4, -0.2) is 19.0 Å². The van der Waals surface area contributed by atoms with Gasteiger partial charge in [-0.05, 0) is 41.3 Å². The zero-order valence-electron chi connectivity index (χ0n) is 16.6. The highest BCUT2D eigenvalue weighted by atomic mass is 32.1. The maximum atomic E-state index is 12.9. The first-order valence-corrected chi connectivity index (χ1v) is 10.6. The van der Waals surface area contributed by atoms with Gasteiger partial charge in [0.05, 0.1) is 6.54 Å². The zero-order chi connectivity index (χ0) is 18.8. The minimum Gasteiger partial charge on any atom is -0.321 e. The maximum absolute atomic E-state index is 12.9. The lowest BCUT2D eigenvalue weighted by atomic mass is 9.92. The third-order valence-corrected chi connectivity index (χ3v) is 6.55. The van der Waals surface area contributed by atoms with Gasteiger partial charge < -0.3 is 10.2 Å². The van der Waals surface area contributed by atoms with Crippen molar-refractivity contribution in [3.8, 4) is 0 Å². The summed E-state index contributed by atoms with van der Waals surface area (Å²) in [6.07, 6.45) is 1.08. The van der Waals surface area contributed by atoms with E-state index in [1.54, 1.807) is 0 Å².